The molecule has 0 bridgehead atoms. The molecule has 0 aromatic heterocycles. The SMILES string of the molecule is C1CON(C2NCCS2)C1. The van der Waals surface area contributed by atoms with Gasteiger partial charge in [0.2, 0.25) is 0 Å². The fourth-order valence-electron chi connectivity index (χ4n) is 1.25. The lowest BCUT2D eigenvalue weighted by Crippen LogP contribution is -2.37. The molecule has 0 spiro atoms. The molecule has 0 amide bonds. The van der Waals surface area contributed by atoms with E-state index in [1.54, 1.807) is 0 Å². The first-order chi connectivity index (χ1) is 4.97. The Balaban J connectivity index is 1.85. The summed E-state index contributed by atoms with van der Waals surface area (Å²) in [4.78, 5) is 5.39. The van der Waals surface area contributed by atoms with Crippen molar-refractivity contribution in [3.05, 3.63) is 0 Å². The molecule has 2 saturated heterocycles. The standard InChI is InChI=1S/C6H12N2OS/c1-3-8(9-4-1)6-7-2-5-10-6/h6-7H,1-5H2. The Morgan fingerprint density at radius 3 is 3.20 bits per heavy atom. The quantitative estimate of drug-likeness (QED) is 0.594. The molecule has 3 nitrogen and oxygen atoms in total. The highest BCUT2D eigenvalue weighted by molar-refractivity contribution is 8.00. The third-order valence-corrected chi connectivity index (χ3v) is 2.90. The van der Waals surface area contributed by atoms with Crippen molar-refractivity contribution in [2.24, 2.45) is 0 Å². The van der Waals surface area contributed by atoms with Gasteiger partial charge in [-0.05, 0) is 6.42 Å². The Morgan fingerprint density at radius 1 is 1.60 bits per heavy atom. The molecule has 4 heteroatoms. The van der Waals surface area contributed by atoms with E-state index in [1.165, 1.54) is 12.2 Å². The molecular formula is C6H12N2OS. The summed E-state index contributed by atoms with van der Waals surface area (Å²) in [6, 6.07) is 0. The summed E-state index contributed by atoms with van der Waals surface area (Å²) in [6.07, 6.45) is 1.18. The molecule has 0 radical (unpaired) electrons. The summed E-state index contributed by atoms with van der Waals surface area (Å²) in [6.45, 7) is 3.11. The molecule has 0 aliphatic carbocycles. The van der Waals surface area contributed by atoms with Crippen molar-refractivity contribution in [1.82, 2.24) is 10.4 Å². The van der Waals surface area contributed by atoms with Crippen LogP contribution in [0.2, 0.25) is 0 Å². The monoisotopic (exact) mass is 160 g/mol. The number of rotatable bonds is 1. The number of hydrogen-bond donors (Lipinski definition) is 1. The minimum atomic E-state index is 0.433. The van der Waals surface area contributed by atoms with Gasteiger partial charge in [0.15, 0.2) is 0 Å². The van der Waals surface area contributed by atoms with Gasteiger partial charge in [0.05, 0.1) is 6.61 Å². The van der Waals surface area contributed by atoms with Crippen molar-refractivity contribution in [1.29, 1.82) is 0 Å². The van der Waals surface area contributed by atoms with Gasteiger partial charge < -0.3 is 0 Å². The zero-order valence-electron chi connectivity index (χ0n) is 5.88. The molecule has 0 saturated carbocycles. The first kappa shape index (κ1) is 6.91. The zero-order chi connectivity index (χ0) is 6.81. The first-order valence-corrected chi connectivity index (χ1v) is 4.76. The van der Waals surface area contributed by atoms with E-state index in [0.29, 0.717) is 5.50 Å². The molecule has 1 atom stereocenters. The van der Waals surface area contributed by atoms with Crippen LogP contribution in [0.25, 0.3) is 0 Å². The van der Waals surface area contributed by atoms with Crippen molar-refractivity contribution in [2.45, 2.75) is 11.9 Å². The maximum Gasteiger partial charge on any atom is 0.131 e. The third-order valence-electron chi connectivity index (χ3n) is 1.74. The van der Waals surface area contributed by atoms with Crippen LogP contribution in [0.3, 0.4) is 0 Å². The molecule has 1 N–H and O–H groups in total. The number of nitrogens with one attached hydrogen (secondary N) is 1. The molecule has 2 rings (SSSR count). The Morgan fingerprint density at radius 2 is 2.60 bits per heavy atom. The minimum absolute atomic E-state index is 0.433. The Kier molecular flexibility index (Phi) is 2.13. The topological polar surface area (TPSA) is 24.5 Å². The maximum atomic E-state index is 5.39. The van der Waals surface area contributed by atoms with E-state index in [4.69, 9.17) is 4.84 Å². The van der Waals surface area contributed by atoms with Crippen molar-refractivity contribution in [2.75, 3.05) is 25.4 Å². The summed E-state index contributed by atoms with van der Waals surface area (Å²) in [5, 5.41) is 5.42. The smallest absolute Gasteiger partial charge is 0.131 e. The van der Waals surface area contributed by atoms with E-state index >= 15 is 0 Å². The van der Waals surface area contributed by atoms with Crippen molar-refractivity contribution in [3.8, 4) is 0 Å². The van der Waals surface area contributed by atoms with Crippen molar-refractivity contribution < 1.29 is 4.84 Å². The van der Waals surface area contributed by atoms with Crippen LogP contribution < -0.4 is 5.32 Å². The van der Waals surface area contributed by atoms with Gasteiger partial charge in [-0.15, -0.1) is 11.8 Å². The Hall–Kier alpha value is 0.230. The normalized spacial score (nSPS) is 35.4. The van der Waals surface area contributed by atoms with Gasteiger partial charge in [-0.25, -0.2) is 0 Å². The highest BCUT2D eigenvalue weighted by Gasteiger charge is 2.25. The summed E-state index contributed by atoms with van der Waals surface area (Å²) in [5.41, 5.74) is 0.433. The summed E-state index contributed by atoms with van der Waals surface area (Å²) < 4.78 is 0. The summed E-state index contributed by atoms with van der Waals surface area (Å²) in [7, 11) is 0. The molecule has 58 valence electrons. The lowest BCUT2D eigenvalue weighted by molar-refractivity contribution is -0.123. The first-order valence-electron chi connectivity index (χ1n) is 3.71. The predicted molar refractivity (Wildman–Crippen MR) is 41.5 cm³/mol. The van der Waals surface area contributed by atoms with Crippen LogP contribution in [0.4, 0.5) is 0 Å². The Bertz CT molecular complexity index is 96.3. The maximum absolute atomic E-state index is 5.39. The molecule has 10 heavy (non-hydrogen) atoms. The number of hydroxylamine groups is 2. The van der Waals surface area contributed by atoms with E-state index in [0.717, 1.165) is 19.7 Å². The van der Waals surface area contributed by atoms with Crippen LogP contribution in [-0.4, -0.2) is 36.0 Å². The second-order valence-corrected chi connectivity index (χ2v) is 3.69. The third kappa shape index (κ3) is 1.29. The highest BCUT2D eigenvalue weighted by atomic mass is 32.2. The highest BCUT2D eigenvalue weighted by Crippen LogP contribution is 2.20. The lowest BCUT2D eigenvalue weighted by Gasteiger charge is -2.20. The van der Waals surface area contributed by atoms with Gasteiger partial charge in [-0.2, -0.15) is 5.06 Å². The average molecular weight is 160 g/mol. The van der Waals surface area contributed by atoms with E-state index in [9.17, 15) is 0 Å². The molecule has 0 aromatic carbocycles. The largest absolute Gasteiger partial charge is 0.297 e. The predicted octanol–water partition coefficient (Wildman–Crippen LogP) is 0.244. The van der Waals surface area contributed by atoms with Gasteiger partial charge in [0.1, 0.15) is 5.50 Å². The molecule has 2 heterocycles. The van der Waals surface area contributed by atoms with Gasteiger partial charge in [0.25, 0.3) is 0 Å². The molecule has 2 aliphatic rings. The number of thioether (sulfide) groups is 1. The van der Waals surface area contributed by atoms with E-state index in [2.05, 4.69) is 10.4 Å². The Labute approximate surface area is 65.1 Å². The van der Waals surface area contributed by atoms with Crippen LogP contribution in [-0.2, 0) is 4.84 Å². The van der Waals surface area contributed by atoms with E-state index < -0.39 is 0 Å². The average Bonchev–Trinajstić information content (AvgIpc) is 2.59. The van der Waals surface area contributed by atoms with E-state index in [1.807, 2.05) is 11.8 Å². The van der Waals surface area contributed by atoms with Crippen LogP contribution in [0.5, 0.6) is 0 Å². The number of hydrogen-bond acceptors (Lipinski definition) is 4. The fourth-order valence-corrected chi connectivity index (χ4v) is 2.28. The number of nitrogens with zero attached hydrogens (tertiary/aromatic N) is 1. The van der Waals surface area contributed by atoms with Crippen LogP contribution in [0.15, 0.2) is 0 Å². The van der Waals surface area contributed by atoms with Crippen LogP contribution in [0.1, 0.15) is 6.42 Å². The van der Waals surface area contributed by atoms with E-state index in [-0.39, 0.29) is 0 Å². The summed E-state index contributed by atoms with van der Waals surface area (Å²) in [5.74, 6) is 1.21. The van der Waals surface area contributed by atoms with Crippen molar-refractivity contribution >= 4 is 11.8 Å². The second-order valence-electron chi connectivity index (χ2n) is 2.50. The second kappa shape index (κ2) is 3.09. The van der Waals surface area contributed by atoms with Crippen LogP contribution in [0, 0.1) is 0 Å². The van der Waals surface area contributed by atoms with Gasteiger partial charge in [-0.3, -0.25) is 10.2 Å². The molecule has 1 unspecified atom stereocenters. The van der Waals surface area contributed by atoms with Gasteiger partial charge in [-0.1, -0.05) is 0 Å². The van der Waals surface area contributed by atoms with Gasteiger partial charge >= 0.3 is 0 Å². The molecular weight excluding hydrogens is 148 g/mol. The lowest BCUT2D eigenvalue weighted by atomic mass is 10.5. The molecule has 0 aromatic rings. The fraction of sp³-hybridized carbons (Fsp3) is 1.00. The van der Waals surface area contributed by atoms with Crippen LogP contribution >= 0.6 is 11.8 Å². The molecule has 2 aliphatic heterocycles. The minimum Gasteiger partial charge on any atom is -0.297 e. The summed E-state index contributed by atoms with van der Waals surface area (Å²) >= 11 is 1.93. The zero-order valence-corrected chi connectivity index (χ0v) is 6.69. The molecule has 2 fully saturated rings. The van der Waals surface area contributed by atoms with Crippen molar-refractivity contribution in [3.63, 3.8) is 0 Å². The van der Waals surface area contributed by atoms with Gasteiger partial charge in [0, 0.05) is 18.8 Å².